The molecule has 1 unspecified atom stereocenters. The highest BCUT2D eigenvalue weighted by Gasteiger charge is 2.37. The number of alkyl halides is 3. The molecule has 12 heteroatoms. The van der Waals surface area contributed by atoms with Crippen LogP contribution < -0.4 is 16.2 Å². The van der Waals surface area contributed by atoms with E-state index in [0.29, 0.717) is 11.9 Å². The van der Waals surface area contributed by atoms with Crippen molar-refractivity contribution >= 4 is 11.9 Å². The molecule has 7 nitrogen and oxygen atoms in total. The molecular formula is C22H18F5N5O2. The first-order chi connectivity index (χ1) is 16.0. The van der Waals surface area contributed by atoms with Crippen LogP contribution >= 0.6 is 0 Å². The van der Waals surface area contributed by atoms with Crippen molar-refractivity contribution in [2.24, 2.45) is 0 Å². The second kappa shape index (κ2) is 9.81. The molecule has 3 N–H and O–H groups in total. The molecule has 0 spiro atoms. The summed E-state index contributed by atoms with van der Waals surface area (Å²) in [5, 5.41) is 2.38. The minimum atomic E-state index is -4.97. The summed E-state index contributed by atoms with van der Waals surface area (Å²) in [5.74, 6) is -2.62. The molecule has 34 heavy (non-hydrogen) atoms. The van der Waals surface area contributed by atoms with Gasteiger partial charge in [0.1, 0.15) is 17.5 Å². The van der Waals surface area contributed by atoms with Crippen molar-refractivity contribution in [2.75, 3.05) is 0 Å². The number of aromatic nitrogens is 2. The Kier molecular flexibility index (Phi) is 7.08. The first-order valence-electron chi connectivity index (χ1n) is 9.78. The molecule has 0 saturated carbocycles. The number of benzene rings is 2. The maximum absolute atomic E-state index is 14.7. The number of hydrazine groups is 1. The van der Waals surface area contributed by atoms with Gasteiger partial charge in [0.15, 0.2) is 0 Å². The van der Waals surface area contributed by atoms with Crippen molar-refractivity contribution in [3.8, 4) is 11.1 Å². The fourth-order valence-electron chi connectivity index (χ4n) is 3.10. The number of aryl methyl sites for hydroxylation is 1. The van der Waals surface area contributed by atoms with Crippen molar-refractivity contribution in [3.63, 3.8) is 0 Å². The maximum atomic E-state index is 14.7. The molecule has 0 bridgehead atoms. The summed E-state index contributed by atoms with van der Waals surface area (Å²) in [6, 6.07) is 4.21. The number of amides is 3. The Hall–Kier alpha value is -4.09. The Labute approximate surface area is 190 Å². The molecule has 0 fully saturated rings. The monoisotopic (exact) mass is 479 g/mol. The average molecular weight is 479 g/mol. The quantitative estimate of drug-likeness (QED) is 0.381. The molecule has 178 valence electrons. The van der Waals surface area contributed by atoms with E-state index in [9.17, 15) is 31.5 Å². The minimum absolute atomic E-state index is 0.0397. The molecule has 1 aromatic heterocycles. The van der Waals surface area contributed by atoms with Gasteiger partial charge >= 0.3 is 12.2 Å². The van der Waals surface area contributed by atoms with Crippen molar-refractivity contribution in [2.45, 2.75) is 26.1 Å². The van der Waals surface area contributed by atoms with E-state index in [-0.39, 0.29) is 16.7 Å². The smallest absolute Gasteiger partial charge is 0.330 e. The summed E-state index contributed by atoms with van der Waals surface area (Å²) < 4.78 is 68.4. The lowest BCUT2D eigenvalue weighted by molar-refractivity contribution is -0.139. The molecule has 0 aliphatic heterocycles. The second-order valence-corrected chi connectivity index (χ2v) is 7.19. The maximum Gasteiger partial charge on any atom is 0.419 e. The fourth-order valence-corrected chi connectivity index (χ4v) is 3.10. The zero-order chi connectivity index (χ0) is 25.0. The molecule has 1 atom stereocenters. The van der Waals surface area contributed by atoms with E-state index in [0.717, 1.165) is 18.2 Å². The van der Waals surface area contributed by atoms with Crippen molar-refractivity contribution in [1.29, 1.82) is 0 Å². The minimum Gasteiger partial charge on any atom is -0.330 e. The van der Waals surface area contributed by atoms with Crippen LogP contribution in [-0.4, -0.2) is 21.9 Å². The Bertz CT molecular complexity index is 1220. The Morgan fingerprint density at radius 3 is 2.26 bits per heavy atom. The van der Waals surface area contributed by atoms with Gasteiger partial charge in [0.2, 0.25) is 0 Å². The number of carbonyl (C=O) groups is 2. The lowest BCUT2D eigenvalue weighted by Crippen LogP contribution is -2.47. The van der Waals surface area contributed by atoms with E-state index in [1.807, 2.05) is 0 Å². The normalized spacial score (nSPS) is 12.1. The first-order valence-corrected chi connectivity index (χ1v) is 9.78. The van der Waals surface area contributed by atoms with E-state index in [4.69, 9.17) is 0 Å². The first kappa shape index (κ1) is 24.6. The number of urea groups is 1. The van der Waals surface area contributed by atoms with Crippen molar-refractivity contribution in [3.05, 3.63) is 82.9 Å². The number of hydrogen-bond acceptors (Lipinski definition) is 4. The predicted octanol–water partition coefficient (Wildman–Crippen LogP) is 4.45. The van der Waals surface area contributed by atoms with Gasteiger partial charge in [0, 0.05) is 18.0 Å². The molecule has 2 aromatic carbocycles. The fraction of sp³-hybridized carbons (Fsp3) is 0.182. The van der Waals surface area contributed by atoms with E-state index in [1.165, 1.54) is 31.5 Å². The second-order valence-electron chi connectivity index (χ2n) is 7.19. The molecule has 1 heterocycles. The third kappa shape index (κ3) is 5.63. The van der Waals surface area contributed by atoms with Crippen LogP contribution in [0, 0.1) is 18.6 Å². The van der Waals surface area contributed by atoms with Crippen molar-refractivity contribution in [1.82, 2.24) is 26.1 Å². The number of nitrogens with zero attached hydrogens (tertiary/aromatic N) is 2. The summed E-state index contributed by atoms with van der Waals surface area (Å²) in [6.45, 7) is 3.06. The number of rotatable bonds is 4. The lowest BCUT2D eigenvalue weighted by Gasteiger charge is -2.18. The molecular weight excluding hydrogens is 461 g/mol. The zero-order valence-electron chi connectivity index (χ0n) is 17.8. The van der Waals surface area contributed by atoms with Gasteiger partial charge in [-0.25, -0.2) is 29.0 Å². The van der Waals surface area contributed by atoms with Gasteiger partial charge in [-0.1, -0.05) is 24.3 Å². The zero-order valence-corrected chi connectivity index (χ0v) is 17.8. The highest BCUT2D eigenvalue weighted by atomic mass is 19.4. The van der Waals surface area contributed by atoms with Crippen LogP contribution in [0.4, 0.5) is 26.7 Å². The largest absolute Gasteiger partial charge is 0.419 e. The summed E-state index contributed by atoms with van der Waals surface area (Å²) >= 11 is 0. The highest BCUT2D eigenvalue weighted by molar-refractivity contribution is 5.94. The van der Waals surface area contributed by atoms with Gasteiger partial charge in [-0.2, -0.15) is 13.2 Å². The van der Waals surface area contributed by atoms with Crippen LogP contribution in [0.3, 0.4) is 0 Å². The summed E-state index contributed by atoms with van der Waals surface area (Å²) in [4.78, 5) is 31.7. The number of nitrogens with one attached hydrogen (secondary N) is 3. The number of carbonyl (C=O) groups excluding carboxylic acids is 2. The third-order valence-electron chi connectivity index (χ3n) is 4.76. The molecule has 3 amide bonds. The number of halogens is 5. The lowest BCUT2D eigenvalue weighted by atomic mass is 9.96. The van der Waals surface area contributed by atoms with Crippen LogP contribution in [0.2, 0.25) is 0 Å². The average Bonchev–Trinajstić information content (AvgIpc) is 2.76. The van der Waals surface area contributed by atoms with Gasteiger partial charge in [-0.05, 0) is 37.1 Å². The van der Waals surface area contributed by atoms with Gasteiger partial charge in [-0.3, -0.25) is 10.2 Å². The van der Waals surface area contributed by atoms with Crippen LogP contribution in [0.15, 0.2) is 48.8 Å². The predicted molar refractivity (Wildman–Crippen MR) is 111 cm³/mol. The molecule has 0 radical (unpaired) electrons. The SMILES string of the molecule is Cc1ncc(C(=O)NNC(=O)NC(C)c2ccc(-c3cccc(F)c3C(F)(F)F)cc2F)cn1. The van der Waals surface area contributed by atoms with Gasteiger partial charge in [-0.15, -0.1) is 0 Å². The van der Waals surface area contributed by atoms with E-state index in [2.05, 4.69) is 26.1 Å². The van der Waals surface area contributed by atoms with Crippen LogP contribution in [0.1, 0.15) is 40.3 Å². The van der Waals surface area contributed by atoms with Gasteiger partial charge in [0.05, 0.1) is 17.2 Å². The molecule has 0 aliphatic carbocycles. The van der Waals surface area contributed by atoms with E-state index >= 15 is 0 Å². The van der Waals surface area contributed by atoms with Gasteiger partial charge in [0.25, 0.3) is 5.91 Å². The highest BCUT2D eigenvalue weighted by Crippen LogP contribution is 2.39. The van der Waals surface area contributed by atoms with E-state index < -0.39 is 46.9 Å². The van der Waals surface area contributed by atoms with Crippen LogP contribution in [0.25, 0.3) is 11.1 Å². The van der Waals surface area contributed by atoms with Gasteiger partial charge < -0.3 is 5.32 Å². The summed E-state index contributed by atoms with van der Waals surface area (Å²) in [7, 11) is 0. The third-order valence-corrected chi connectivity index (χ3v) is 4.76. The Balaban J connectivity index is 1.69. The molecule has 0 saturated heterocycles. The molecule has 0 aliphatic rings. The molecule has 3 rings (SSSR count). The molecule has 3 aromatic rings. The van der Waals surface area contributed by atoms with E-state index in [1.54, 1.807) is 6.92 Å². The van der Waals surface area contributed by atoms with Crippen LogP contribution in [0.5, 0.6) is 0 Å². The summed E-state index contributed by atoms with van der Waals surface area (Å²) in [6.07, 6.45) is -2.45. The topological polar surface area (TPSA) is 96.0 Å². The Morgan fingerprint density at radius 1 is 0.971 bits per heavy atom. The number of hydrogen-bond donors (Lipinski definition) is 3. The summed E-state index contributed by atoms with van der Waals surface area (Å²) in [5.41, 5.74) is 2.08. The van der Waals surface area contributed by atoms with Crippen molar-refractivity contribution < 1.29 is 31.5 Å². The van der Waals surface area contributed by atoms with Crippen LogP contribution in [-0.2, 0) is 6.18 Å². The standard InChI is InChI=1S/C22H18F5N5O2/c1-11(30-21(34)32-31-20(33)14-9-28-12(2)29-10-14)15-7-6-13(8-18(15)24)16-4-3-5-17(23)19(16)22(25,26)27/h3-11H,1-2H3,(H,31,33)(H2,30,32,34). The Morgan fingerprint density at radius 2 is 1.65 bits per heavy atom.